The summed E-state index contributed by atoms with van der Waals surface area (Å²) in [5, 5.41) is 3.55. The van der Waals surface area contributed by atoms with Crippen molar-refractivity contribution < 1.29 is 0 Å². The lowest BCUT2D eigenvalue weighted by Gasteiger charge is -2.11. The third-order valence-electron chi connectivity index (χ3n) is 2.54. The van der Waals surface area contributed by atoms with Crippen LogP contribution in [0.5, 0.6) is 0 Å². The number of aliphatic imine (C=N–C) groups is 1. The largest absolute Gasteiger partial charge is 0.398 e. The van der Waals surface area contributed by atoms with Crippen LogP contribution in [0, 0.1) is 0 Å². The van der Waals surface area contributed by atoms with Gasteiger partial charge in [-0.3, -0.25) is 4.99 Å². The highest BCUT2D eigenvalue weighted by molar-refractivity contribution is 6.29. The number of rotatable bonds is 4. The first-order valence-electron chi connectivity index (χ1n) is 5.92. The Kier molecular flexibility index (Phi) is 4.68. The van der Waals surface area contributed by atoms with Gasteiger partial charge in [-0.2, -0.15) is 0 Å². The predicted octanol–water partition coefficient (Wildman–Crippen LogP) is 2.87. The van der Waals surface area contributed by atoms with Crippen LogP contribution in [0.15, 0.2) is 47.7 Å². The maximum atomic E-state index is 6.04. The zero-order chi connectivity index (χ0) is 14.4. The van der Waals surface area contributed by atoms with E-state index >= 15 is 0 Å². The van der Waals surface area contributed by atoms with Gasteiger partial charge in [-0.15, -0.1) is 0 Å². The third-order valence-corrected chi connectivity index (χ3v) is 2.74. The molecule has 6 heteroatoms. The minimum absolute atomic E-state index is 0.376. The minimum atomic E-state index is 0.376. The number of nitrogens with two attached hydrogens (primary N) is 1. The lowest BCUT2D eigenvalue weighted by Crippen LogP contribution is -2.02. The van der Waals surface area contributed by atoms with Gasteiger partial charge in [0.05, 0.1) is 0 Å². The average Bonchev–Trinajstić information content (AvgIpc) is 2.45. The molecule has 1 aromatic heterocycles. The maximum Gasteiger partial charge on any atom is 0.135 e. The van der Waals surface area contributed by atoms with E-state index in [1.54, 1.807) is 25.4 Å². The first-order valence-corrected chi connectivity index (χ1v) is 6.30. The summed E-state index contributed by atoms with van der Waals surface area (Å²) in [4.78, 5) is 11.8. The van der Waals surface area contributed by atoms with Crippen molar-refractivity contribution in [2.24, 2.45) is 10.7 Å². The van der Waals surface area contributed by atoms with E-state index in [4.69, 9.17) is 17.3 Å². The highest BCUT2D eigenvalue weighted by Crippen LogP contribution is 2.24. The van der Waals surface area contributed by atoms with Crippen molar-refractivity contribution in [1.82, 2.24) is 9.97 Å². The van der Waals surface area contributed by atoms with Gasteiger partial charge in [-0.25, -0.2) is 9.97 Å². The van der Waals surface area contributed by atoms with Crippen LogP contribution >= 0.6 is 11.6 Å². The summed E-state index contributed by atoms with van der Waals surface area (Å²) >= 11 is 5.84. The van der Waals surface area contributed by atoms with E-state index in [-0.39, 0.29) is 0 Å². The van der Waals surface area contributed by atoms with E-state index in [9.17, 15) is 0 Å². The van der Waals surface area contributed by atoms with E-state index in [0.29, 0.717) is 16.7 Å². The van der Waals surface area contributed by atoms with Crippen molar-refractivity contribution in [2.45, 2.75) is 0 Å². The molecule has 2 aromatic rings. The van der Waals surface area contributed by atoms with Crippen LogP contribution in [0.1, 0.15) is 5.56 Å². The molecule has 0 saturated heterocycles. The number of hydrogen-bond donors (Lipinski definition) is 2. The van der Waals surface area contributed by atoms with Crippen molar-refractivity contribution in [3.8, 4) is 0 Å². The monoisotopic (exact) mass is 287 g/mol. The molecule has 0 bridgehead atoms. The number of nitrogens with one attached hydrogen (secondary N) is 1. The summed E-state index contributed by atoms with van der Waals surface area (Å²) in [6.07, 6.45) is 4.79. The normalized spacial score (nSPS) is 11.8. The molecule has 1 heterocycles. The number of nitrogens with zero attached hydrogens (tertiary/aromatic N) is 3. The van der Waals surface area contributed by atoms with Crippen LogP contribution < -0.4 is 11.1 Å². The third kappa shape index (κ3) is 3.55. The fourth-order valence-corrected chi connectivity index (χ4v) is 1.78. The number of halogens is 1. The average molecular weight is 288 g/mol. The Hall–Kier alpha value is -2.40. The summed E-state index contributed by atoms with van der Waals surface area (Å²) in [5.74, 6) is 0.606. The Morgan fingerprint density at radius 2 is 2.15 bits per heavy atom. The van der Waals surface area contributed by atoms with Gasteiger partial charge in [0.15, 0.2) is 0 Å². The first-order chi connectivity index (χ1) is 9.70. The van der Waals surface area contributed by atoms with E-state index in [1.165, 1.54) is 6.33 Å². The molecule has 102 valence electrons. The molecule has 0 radical (unpaired) electrons. The molecular formula is C14H14ClN5. The van der Waals surface area contributed by atoms with E-state index in [2.05, 4.69) is 20.3 Å². The second kappa shape index (κ2) is 6.68. The summed E-state index contributed by atoms with van der Waals surface area (Å²) in [6, 6.07) is 9.30. The number of hydrogen-bond acceptors (Lipinski definition) is 5. The molecule has 0 saturated carbocycles. The first kappa shape index (κ1) is 14.0. The molecule has 3 N–H and O–H groups in total. The molecule has 20 heavy (non-hydrogen) atoms. The van der Waals surface area contributed by atoms with Crippen molar-refractivity contribution >= 4 is 35.0 Å². The molecule has 0 unspecified atom stereocenters. The zero-order valence-corrected chi connectivity index (χ0v) is 11.7. The summed E-state index contributed by atoms with van der Waals surface area (Å²) in [6.45, 7) is 0. The van der Waals surface area contributed by atoms with Crippen molar-refractivity contribution in [3.05, 3.63) is 53.5 Å². The van der Waals surface area contributed by atoms with E-state index in [1.807, 2.05) is 24.3 Å². The molecule has 0 spiro atoms. The Morgan fingerprint density at radius 3 is 2.90 bits per heavy atom. The molecule has 0 aliphatic heterocycles. The SMILES string of the molecule is CN=CC=C(N)c1ccccc1Nc1cc(Cl)ncn1. The highest BCUT2D eigenvalue weighted by atomic mass is 35.5. The van der Waals surface area contributed by atoms with Crippen LogP contribution in [-0.2, 0) is 0 Å². The molecule has 0 aliphatic carbocycles. The predicted molar refractivity (Wildman–Crippen MR) is 83.3 cm³/mol. The minimum Gasteiger partial charge on any atom is -0.398 e. The van der Waals surface area contributed by atoms with E-state index < -0.39 is 0 Å². The van der Waals surface area contributed by atoms with Gasteiger partial charge in [0.1, 0.15) is 17.3 Å². The number of allylic oxidation sites excluding steroid dienone is 1. The second-order valence-corrected chi connectivity index (χ2v) is 4.31. The molecule has 0 atom stereocenters. The quantitative estimate of drug-likeness (QED) is 0.670. The number of aromatic nitrogens is 2. The molecule has 0 amide bonds. The van der Waals surface area contributed by atoms with Gasteiger partial charge in [-0.05, 0) is 12.1 Å². The molecular weight excluding hydrogens is 274 g/mol. The van der Waals surface area contributed by atoms with Crippen LogP contribution in [0.2, 0.25) is 5.15 Å². The molecule has 5 nitrogen and oxygen atoms in total. The Labute approximate surface area is 122 Å². The topological polar surface area (TPSA) is 76.2 Å². The number of anilines is 2. The Bertz CT molecular complexity index is 652. The standard InChI is InChI=1S/C14H14ClN5/c1-17-7-6-11(16)10-4-2-3-5-12(10)20-14-8-13(15)18-9-19-14/h2-9H,16H2,1H3,(H,18,19,20). The summed E-state index contributed by atoms with van der Waals surface area (Å²) < 4.78 is 0. The number of para-hydroxylation sites is 1. The van der Waals surface area contributed by atoms with Crippen LogP contribution in [0.25, 0.3) is 5.70 Å². The van der Waals surface area contributed by atoms with Crippen molar-refractivity contribution in [3.63, 3.8) is 0 Å². The summed E-state index contributed by atoms with van der Waals surface area (Å²) in [7, 11) is 1.69. The lowest BCUT2D eigenvalue weighted by molar-refractivity contribution is 1.17. The van der Waals surface area contributed by atoms with Gasteiger partial charge in [-0.1, -0.05) is 29.8 Å². The maximum absolute atomic E-state index is 6.04. The van der Waals surface area contributed by atoms with Gasteiger partial charge in [0.25, 0.3) is 0 Å². The van der Waals surface area contributed by atoms with Gasteiger partial charge in [0.2, 0.25) is 0 Å². The number of benzene rings is 1. The lowest BCUT2D eigenvalue weighted by atomic mass is 10.1. The fraction of sp³-hybridized carbons (Fsp3) is 0.0714. The van der Waals surface area contributed by atoms with Crippen molar-refractivity contribution in [1.29, 1.82) is 0 Å². The second-order valence-electron chi connectivity index (χ2n) is 3.93. The van der Waals surface area contributed by atoms with Crippen molar-refractivity contribution in [2.75, 3.05) is 12.4 Å². The fourth-order valence-electron chi connectivity index (χ4n) is 1.63. The molecule has 0 fully saturated rings. The Balaban J connectivity index is 2.33. The molecule has 1 aromatic carbocycles. The van der Waals surface area contributed by atoms with Gasteiger partial charge in [0, 0.05) is 36.3 Å². The van der Waals surface area contributed by atoms with Crippen LogP contribution in [-0.4, -0.2) is 23.2 Å². The van der Waals surface area contributed by atoms with Crippen LogP contribution in [0.4, 0.5) is 11.5 Å². The zero-order valence-electron chi connectivity index (χ0n) is 10.9. The Morgan fingerprint density at radius 1 is 1.35 bits per heavy atom. The van der Waals surface area contributed by atoms with Crippen LogP contribution in [0.3, 0.4) is 0 Å². The summed E-state index contributed by atoms with van der Waals surface area (Å²) in [5.41, 5.74) is 8.34. The van der Waals surface area contributed by atoms with Gasteiger partial charge < -0.3 is 11.1 Å². The van der Waals surface area contributed by atoms with Gasteiger partial charge >= 0.3 is 0 Å². The smallest absolute Gasteiger partial charge is 0.135 e. The van der Waals surface area contributed by atoms with E-state index in [0.717, 1.165) is 11.3 Å². The highest BCUT2D eigenvalue weighted by Gasteiger charge is 2.05. The molecule has 2 rings (SSSR count). The molecule has 0 aliphatic rings.